The summed E-state index contributed by atoms with van der Waals surface area (Å²) in [5, 5.41) is 14.6. The van der Waals surface area contributed by atoms with Crippen LogP contribution in [0.25, 0.3) is 0 Å². The number of nitrogens with one attached hydrogen (secondary N) is 3. The molecule has 0 atom stereocenters. The Morgan fingerprint density at radius 3 is 1.85 bits per heavy atom. The largest absolute Gasteiger partial charge is 0.379 e. The second-order valence-electron chi connectivity index (χ2n) is 7.58. The molecule has 0 amide bonds. The van der Waals surface area contributed by atoms with E-state index in [1.165, 1.54) is 22.5 Å². The van der Waals surface area contributed by atoms with Crippen LogP contribution in [0.1, 0.15) is 62.0 Å². The predicted octanol–water partition coefficient (Wildman–Crippen LogP) is 5.88. The maximum absolute atomic E-state index is 4.45. The molecular weight excluding hydrogens is 332 g/mol. The van der Waals surface area contributed by atoms with E-state index in [0.29, 0.717) is 18.4 Å². The second kappa shape index (κ2) is 8.76. The molecule has 0 aliphatic heterocycles. The number of aromatic nitrogens is 2. The second-order valence-corrected chi connectivity index (χ2v) is 7.58. The molecule has 0 unspecified atom stereocenters. The SMILES string of the molecule is CC(C)c1ccccc1NCc1cc(CNc2ccccc2C(C)C)[nH]n1. The van der Waals surface area contributed by atoms with Crippen molar-refractivity contribution in [1.29, 1.82) is 0 Å². The van der Waals surface area contributed by atoms with Crippen LogP contribution in [-0.2, 0) is 13.1 Å². The zero-order valence-corrected chi connectivity index (χ0v) is 16.7. The summed E-state index contributed by atoms with van der Waals surface area (Å²) in [5.41, 5.74) is 7.14. The van der Waals surface area contributed by atoms with Crippen LogP contribution in [0.3, 0.4) is 0 Å². The van der Waals surface area contributed by atoms with Crippen molar-refractivity contribution in [3.63, 3.8) is 0 Å². The first-order valence-electron chi connectivity index (χ1n) is 9.73. The van der Waals surface area contributed by atoms with Crippen LogP contribution >= 0.6 is 0 Å². The Morgan fingerprint density at radius 1 is 0.778 bits per heavy atom. The van der Waals surface area contributed by atoms with Gasteiger partial charge in [0, 0.05) is 11.4 Å². The minimum Gasteiger partial charge on any atom is -0.379 e. The first-order chi connectivity index (χ1) is 13.0. The molecule has 3 N–H and O–H groups in total. The minimum atomic E-state index is 0.494. The van der Waals surface area contributed by atoms with Gasteiger partial charge in [0.05, 0.1) is 24.5 Å². The lowest BCUT2D eigenvalue weighted by atomic mass is 10.0. The van der Waals surface area contributed by atoms with Crippen LogP contribution in [0.15, 0.2) is 54.6 Å². The summed E-state index contributed by atoms with van der Waals surface area (Å²) in [6.07, 6.45) is 0. The molecular formula is C23H30N4. The molecule has 0 bridgehead atoms. The molecule has 142 valence electrons. The van der Waals surface area contributed by atoms with Gasteiger partial charge in [-0.2, -0.15) is 5.10 Å². The molecule has 0 fully saturated rings. The number of para-hydroxylation sites is 2. The Morgan fingerprint density at radius 2 is 1.30 bits per heavy atom. The smallest absolute Gasteiger partial charge is 0.0816 e. The molecule has 0 saturated carbocycles. The maximum Gasteiger partial charge on any atom is 0.0816 e. The Labute approximate surface area is 162 Å². The summed E-state index contributed by atoms with van der Waals surface area (Å²) in [5.74, 6) is 0.991. The summed E-state index contributed by atoms with van der Waals surface area (Å²) in [4.78, 5) is 0. The molecule has 0 radical (unpaired) electrons. The first-order valence-corrected chi connectivity index (χ1v) is 9.73. The fraction of sp³-hybridized carbons (Fsp3) is 0.348. The zero-order chi connectivity index (χ0) is 19.2. The number of anilines is 2. The number of nitrogens with zero attached hydrogens (tertiary/aromatic N) is 1. The van der Waals surface area contributed by atoms with E-state index in [0.717, 1.165) is 17.9 Å². The van der Waals surface area contributed by atoms with Crippen molar-refractivity contribution in [2.45, 2.75) is 52.6 Å². The van der Waals surface area contributed by atoms with E-state index < -0.39 is 0 Å². The highest BCUT2D eigenvalue weighted by atomic mass is 15.1. The first kappa shape index (κ1) is 19.0. The van der Waals surface area contributed by atoms with Gasteiger partial charge >= 0.3 is 0 Å². The lowest BCUT2D eigenvalue weighted by Gasteiger charge is -2.14. The van der Waals surface area contributed by atoms with Gasteiger partial charge in [-0.3, -0.25) is 5.10 Å². The van der Waals surface area contributed by atoms with Gasteiger partial charge in [-0.15, -0.1) is 0 Å². The molecule has 4 heteroatoms. The monoisotopic (exact) mass is 362 g/mol. The molecule has 4 nitrogen and oxygen atoms in total. The van der Waals surface area contributed by atoms with Crippen molar-refractivity contribution < 1.29 is 0 Å². The molecule has 2 aromatic carbocycles. The third-order valence-corrected chi connectivity index (χ3v) is 4.78. The van der Waals surface area contributed by atoms with Crippen LogP contribution < -0.4 is 10.6 Å². The molecule has 3 rings (SSSR count). The normalized spacial score (nSPS) is 11.2. The average molecular weight is 363 g/mol. The Balaban J connectivity index is 1.60. The van der Waals surface area contributed by atoms with E-state index in [-0.39, 0.29) is 0 Å². The van der Waals surface area contributed by atoms with Crippen molar-refractivity contribution >= 4 is 11.4 Å². The summed E-state index contributed by atoms with van der Waals surface area (Å²) in [6.45, 7) is 10.3. The van der Waals surface area contributed by atoms with Gasteiger partial charge < -0.3 is 10.6 Å². The Hall–Kier alpha value is -2.75. The number of hydrogen-bond donors (Lipinski definition) is 3. The molecule has 1 aromatic heterocycles. The highest BCUT2D eigenvalue weighted by molar-refractivity contribution is 5.53. The highest BCUT2D eigenvalue weighted by Crippen LogP contribution is 2.25. The number of rotatable bonds is 8. The standard InChI is InChI=1S/C23H30N4/c1-16(2)20-9-5-7-11-22(20)24-14-18-13-19(27-26-18)15-25-23-12-8-6-10-21(23)17(3)4/h5-13,16-17,24-25H,14-15H2,1-4H3,(H,26,27). The average Bonchev–Trinajstić information content (AvgIpc) is 3.13. The lowest BCUT2D eigenvalue weighted by molar-refractivity contribution is 0.862. The van der Waals surface area contributed by atoms with Crippen LogP contribution in [0.2, 0.25) is 0 Å². The topological polar surface area (TPSA) is 52.7 Å². The van der Waals surface area contributed by atoms with Gasteiger partial charge in [0.1, 0.15) is 0 Å². The quantitative estimate of drug-likeness (QED) is 0.469. The molecule has 0 saturated heterocycles. The minimum absolute atomic E-state index is 0.494. The van der Waals surface area contributed by atoms with Crippen molar-refractivity contribution in [3.8, 4) is 0 Å². The molecule has 3 aromatic rings. The Kier molecular flexibility index (Phi) is 6.17. The van der Waals surface area contributed by atoms with Crippen LogP contribution in [0.4, 0.5) is 11.4 Å². The maximum atomic E-state index is 4.45. The third kappa shape index (κ3) is 4.91. The molecule has 0 spiro atoms. The zero-order valence-electron chi connectivity index (χ0n) is 16.7. The Bertz CT molecular complexity index is 794. The molecule has 1 heterocycles. The number of aromatic amines is 1. The fourth-order valence-corrected chi connectivity index (χ4v) is 3.29. The van der Waals surface area contributed by atoms with Crippen LogP contribution in [0.5, 0.6) is 0 Å². The summed E-state index contributed by atoms with van der Waals surface area (Å²) >= 11 is 0. The van der Waals surface area contributed by atoms with Gasteiger partial charge in [-0.1, -0.05) is 64.1 Å². The van der Waals surface area contributed by atoms with Crippen LogP contribution in [-0.4, -0.2) is 10.2 Å². The van der Waals surface area contributed by atoms with Crippen molar-refractivity contribution in [3.05, 3.63) is 77.1 Å². The number of hydrogen-bond acceptors (Lipinski definition) is 3. The van der Waals surface area contributed by atoms with E-state index in [1.54, 1.807) is 0 Å². The van der Waals surface area contributed by atoms with E-state index >= 15 is 0 Å². The van der Waals surface area contributed by atoms with Crippen LogP contribution in [0, 0.1) is 0 Å². The van der Waals surface area contributed by atoms with Gasteiger partial charge in [-0.05, 0) is 41.2 Å². The lowest BCUT2D eigenvalue weighted by Crippen LogP contribution is -2.04. The van der Waals surface area contributed by atoms with E-state index in [2.05, 4.69) is 103 Å². The molecule has 0 aliphatic rings. The van der Waals surface area contributed by atoms with Crippen molar-refractivity contribution in [1.82, 2.24) is 10.2 Å². The molecule has 0 aliphatic carbocycles. The highest BCUT2D eigenvalue weighted by Gasteiger charge is 2.08. The van der Waals surface area contributed by atoms with Gasteiger partial charge in [-0.25, -0.2) is 0 Å². The third-order valence-electron chi connectivity index (χ3n) is 4.78. The number of benzene rings is 2. The number of H-pyrrole nitrogens is 1. The molecule has 27 heavy (non-hydrogen) atoms. The van der Waals surface area contributed by atoms with Gasteiger partial charge in [0.25, 0.3) is 0 Å². The fourth-order valence-electron chi connectivity index (χ4n) is 3.29. The predicted molar refractivity (Wildman–Crippen MR) is 114 cm³/mol. The van der Waals surface area contributed by atoms with Gasteiger partial charge in [0.15, 0.2) is 0 Å². The van der Waals surface area contributed by atoms with E-state index in [9.17, 15) is 0 Å². The summed E-state index contributed by atoms with van der Waals surface area (Å²) in [6, 6.07) is 19.1. The van der Waals surface area contributed by atoms with Crippen molar-refractivity contribution in [2.24, 2.45) is 0 Å². The van der Waals surface area contributed by atoms with Crippen molar-refractivity contribution in [2.75, 3.05) is 10.6 Å². The summed E-state index contributed by atoms with van der Waals surface area (Å²) < 4.78 is 0. The van der Waals surface area contributed by atoms with E-state index in [1.807, 2.05) is 0 Å². The van der Waals surface area contributed by atoms with E-state index in [4.69, 9.17) is 0 Å². The summed E-state index contributed by atoms with van der Waals surface area (Å²) in [7, 11) is 0. The van der Waals surface area contributed by atoms with Gasteiger partial charge in [0.2, 0.25) is 0 Å².